The lowest BCUT2D eigenvalue weighted by Crippen LogP contribution is -2.55. The van der Waals surface area contributed by atoms with Crippen LogP contribution in [0.4, 0.5) is 5.69 Å². The zero-order chi connectivity index (χ0) is 29.5. The summed E-state index contributed by atoms with van der Waals surface area (Å²) in [5.74, 6) is -0.261. The highest BCUT2D eigenvalue weighted by Crippen LogP contribution is 2.26. The number of carbonyl (C=O) groups is 2. The number of benzene rings is 3. The molecule has 3 aromatic carbocycles. The highest BCUT2D eigenvalue weighted by atomic mass is 32.2. The minimum Gasteiger partial charge on any atom is -0.497 e. The Bertz CT molecular complexity index is 1400. The van der Waals surface area contributed by atoms with Gasteiger partial charge < -0.3 is 15.0 Å². The van der Waals surface area contributed by atoms with Crippen LogP contribution in [0.3, 0.4) is 0 Å². The van der Waals surface area contributed by atoms with Crippen molar-refractivity contribution >= 4 is 27.5 Å². The normalized spacial score (nSPS) is 12.3. The Morgan fingerprint density at radius 3 is 2.08 bits per heavy atom. The molecule has 214 valence electrons. The molecule has 9 heteroatoms. The summed E-state index contributed by atoms with van der Waals surface area (Å²) in [7, 11) is -2.64. The van der Waals surface area contributed by atoms with Gasteiger partial charge in [0.15, 0.2) is 0 Å². The molecule has 0 radical (unpaired) electrons. The minimum absolute atomic E-state index is 0.0212. The minimum atomic E-state index is -4.14. The van der Waals surface area contributed by atoms with Crippen molar-refractivity contribution in [2.24, 2.45) is 0 Å². The molecule has 1 N–H and O–H groups in total. The smallest absolute Gasteiger partial charge is 0.264 e. The van der Waals surface area contributed by atoms with Gasteiger partial charge in [0.1, 0.15) is 18.3 Å². The van der Waals surface area contributed by atoms with Crippen molar-refractivity contribution in [3.8, 4) is 5.75 Å². The van der Waals surface area contributed by atoms with Crippen LogP contribution in [0.1, 0.15) is 45.2 Å². The summed E-state index contributed by atoms with van der Waals surface area (Å²) in [5.41, 5.74) is 1.68. The fourth-order valence-electron chi connectivity index (χ4n) is 4.34. The van der Waals surface area contributed by atoms with Gasteiger partial charge in [-0.25, -0.2) is 8.42 Å². The third-order valence-electron chi connectivity index (χ3n) is 6.46. The lowest BCUT2D eigenvalue weighted by molar-refractivity contribution is -0.141. The van der Waals surface area contributed by atoms with Crippen molar-refractivity contribution in [2.75, 3.05) is 18.0 Å². The van der Waals surface area contributed by atoms with E-state index >= 15 is 0 Å². The number of nitrogens with one attached hydrogen (secondary N) is 1. The highest BCUT2D eigenvalue weighted by Gasteiger charge is 2.34. The molecule has 3 rings (SSSR count). The van der Waals surface area contributed by atoms with E-state index in [2.05, 4.69) is 5.32 Å². The Labute approximate surface area is 238 Å². The van der Waals surface area contributed by atoms with Crippen molar-refractivity contribution in [3.05, 3.63) is 90.0 Å². The van der Waals surface area contributed by atoms with Crippen molar-refractivity contribution in [1.82, 2.24) is 10.2 Å². The van der Waals surface area contributed by atoms with Gasteiger partial charge in [0.2, 0.25) is 11.8 Å². The molecule has 2 amide bonds. The average Bonchev–Trinajstić information content (AvgIpc) is 2.92. The quantitative estimate of drug-likeness (QED) is 0.356. The lowest BCUT2D eigenvalue weighted by atomic mass is 10.0. The van der Waals surface area contributed by atoms with Crippen LogP contribution in [0.2, 0.25) is 0 Å². The predicted molar refractivity (Wildman–Crippen MR) is 158 cm³/mol. The Balaban J connectivity index is 2.06. The van der Waals surface area contributed by atoms with Crippen LogP contribution in [0, 0.1) is 6.92 Å². The van der Waals surface area contributed by atoms with E-state index in [-0.39, 0.29) is 17.3 Å². The number of rotatable bonds is 11. The largest absolute Gasteiger partial charge is 0.497 e. The maximum atomic E-state index is 14.1. The van der Waals surface area contributed by atoms with Gasteiger partial charge in [-0.3, -0.25) is 13.9 Å². The topological polar surface area (TPSA) is 96.0 Å². The molecule has 0 heterocycles. The number of ether oxygens (including phenoxy) is 1. The number of aryl methyl sites for hydroxylation is 1. The van der Waals surface area contributed by atoms with Gasteiger partial charge in [-0.2, -0.15) is 0 Å². The molecule has 40 heavy (non-hydrogen) atoms. The van der Waals surface area contributed by atoms with E-state index in [0.717, 1.165) is 15.4 Å². The van der Waals surface area contributed by atoms with E-state index in [0.29, 0.717) is 17.9 Å². The number of anilines is 1. The molecule has 0 aliphatic carbocycles. The van der Waals surface area contributed by atoms with Crippen molar-refractivity contribution in [1.29, 1.82) is 0 Å². The third-order valence-corrected chi connectivity index (χ3v) is 8.24. The second-order valence-corrected chi connectivity index (χ2v) is 12.5. The SMILES string of the molecule is CC[C@H](C(=O)NC(C)(C)C)N(Cc1ccccc1C)C(=O)CN(c1ccccc1)S(=O)(=O)c1ccc(OC)cc1. The molecule has 3 aromatic rings. The van der Waals surface area contributed by atoms with Gasteiger partial charge in [-0.05, 0) is 81.6 Å². The second-order valence-electron chi connectivity index (χ2n) is 10.6. The average molecular weight is 566 g/mol. The fraction of sp³-hybridized carbons (Fsp3) is 0.355. The Morgan fingerprint density at radius 2 is 1.52 bits per heavy atom. The van der Waals surface area contributed by atoms with E-state index < -0.39 is 34.1 Å². The Morgan fingerprint density at radius 1 is 0.925 bits per heavy atom. The van der Waals surface area contributed by atoms with E-state index in [1.54, 1.807) is 42.5 Å². The van der Waals surface area contributed by atoms with Gasteiger partial charge in [-0.15, -0.1) is 0 Å². The molecule has 0 unspecified atom stereocenters. The Kier molecular flexibility index (Phi) is 9.98. The van der Waals surface area contributed by atoms with Crippen molar-refractivity contribution in [3.63, 3.8) is 0 Å². The predicted octanol–water partition coefficient (Wildman–Crippen LogP) is 4.92. The first-order valence-corrected chi connectivity index (χ1v) is 14.7. The molecule has 0 spiro atoms. The summed E-state index contributed by atoms with van der Waals surface area (Å²) < 4.78 is 34.1. The van der Waals surface area contributed by atoms with Crippen LogP contribution >= 0.6 is 0 Å². The van der Waals surface area contributed by atoms with Crippen LogP contribution in [0.15, 0.2) is 83.8 Å². The monoisotopic (exact) mass is 565 g/mol. The molecule has 1 atom stereocenters. The molecule has 0 saturated carbocycles. The molecule has 8 nitrogen and oxygen atoms in total. The first kappa shape index (κ1) is 30.7. The van der Waals surface area contributed by atoms with Crippen LogP contribution < -0.4 is 14.4 Å². The number of para-hydroxylation sites is 1. The van der Waals surface area contributed by atoms with Crippen molar-refractivity contribution in [2.45, 2.75) is 64.1 Å². The first-order chi connectivity index (χ1) is 18.9. The number of carbonyl (C=O) groups excluding carboxylic acids is 2. The fourth-order valence-corrected chi connectivity index (χ4v) is 5.76. The summed E-state index contributed by atoms with van der Waals surface area (Å²) in [6, 6.07) is 21.4. The van der Waals surface area contributed by atoms with E-state index in [1.165, 1.54) is 24.1 Å². The highest BCUT2D eigenvalue weighted by molar-refractivity contribution is 7.92. The molecule has 0 aliphatic heterocycles. The molecule has 0 aromatic heterocycles. The van der Waals surface area contributed by atoms with Crippen LogP contribution in [-0.2, 0) is 26.2 Å². The maximum absolute atomic E-state index is 14.1. The van der Waals surface area contributed by atoms with E-state index in [9.17, 15) is 18.0 Å². The zero-order valence-corrected chi connectivity index (χ0v) is 24.9. The lowest BCUT2D eigenvalue weighted by Gasteiger charge is -2.35. The van der Waals surface area contributed by atoms with Gasteiger partial charge in [0.05, 0.1) is 17.7 Å². The Hall–Kier alpha value is -3.85. The van der Waals surface area contributed by atoms with Crippen molar-refractivity contribution < 1.29 is 22.7 Å². The standard InChI is InChI=1S/C31H39N3O5S/c1-7-28(30(36)32-31(3,4)5)33(21-24-14-12-11-13-23(24)2)29(35)22-34(25-15-9-8-10-16-25)40(37,38)27-19-17-26(39-6)18-20-27/h8-20,28H,7,21-22H2,1-6H3,(H,32,36)/t28-/m1/s1. The number of nitrogens with zero attached hydrogens (tertiary/aromatic N) is 2. The number of methoxy groups -OCH3 is 1. The molecule has 0 bridgehead atoms. The summed E-state index contributed by atoms with van der Waals surface area (Å²) in [4.78, 5) is 29.0. The van der Waals surface area contributed by atoms with Crippen LogP contribution in [0.5, 0.6) is 5.75 Å². The van der Waals surface area contributed by atoms with Crippen LogP contribution in [-0.4, -0.2) is 50.4 Å². The molecule has 0 saturated heterocycles. The third kappa shape index (κ3) is 7.63. The second kappa shape index (κ2) is 13.0. The zero-order valence-electron chi connectivity index (χ0n) is 24.0. The molecular weight excluding hydrogens is 526 g/mol. The number of hydrogen-bond donors (Lipinski definition) is 1. The number of hydrogen-bond acceptors (Lipinski definition) is 5. The summed E-state index contributed by atoms with van der Waals surface area (Å²) in [6.45, 7) is 9.10. The van der Waals surface area contributed by atoms with Gasteiger partial charge >= 0.3 is 0 Å². The first-order valence-electron chi connectivity index (χ1n) is 13.2. The van der Waals surface area contributed by atoms with E-state index in [4.69, 9.17) is 4.74 Å². The van der Waals surface area contributed by atoms with Gasteiger partial charge in [0, 0.05) is 12.1 Å². The maximum Gasteiger partial charge on any atom is 0.264 e. The van der Waals surface area contributed by atoms with Gasteiger partial charge in [-0.1, -0.05) is 49.4 Å². The number of amides is 2. The van der Waals surface area contributed by atoms with Gasteiger partial charge in [0.25, 0.3) is 10.0 Å². The summed E-state index contributed by atoms with van der Waals surface area (Å²) >= 11 is 0. The van der Waals surface area contributed by atoms with Crippen LogP contribution in [0.25, 0.3) is 0 Å². The summed E-state index contributed by atoms with van der Waals surface area (Å²) in [6.07, 6.45) is 0.357. The number of sulfonamides is 1. The molecule has 0 aliphatic rings. The molecular formula is C31H39N3O5S. The summed E-state index contributed by atoms with van der Waals surface area (Å²) in [5, 5.41) is 2.98. The molecule has 0 fully saturated rings. The van der Waals surface area contributed by atoms with E-state index in [1.807, 2.05) is 58.9 Å².